The van der Waals surface area contributed by atoms with Crippen LogP contribution >= 0.6 is 17.1 Å². The van der Waals surface area contributed by atoms with Gasteiger partial charge >= 0.3 is 0 Å². The smallest absolute Gasteiger partial charge is 0.251 e. The van der Waals surface area contributed by atoms with Crippen LogP contribution < -0.4 is 5.56 Å². The van der Waals surface area contributed by atoms with Crippen molar-refractivity contribution in [2.75, 3.05) is 14.2 Å². The first-order valence-electron chi connectivity index (χ1n) is 5.36. The number of hydrogen-bond acceptors (Lipinski definition) is 6. The zero-order valence-corrected chi connectivity index (χ0v) is 13.3. The van der Waals surface area contributed by atoms with Crippen LogP contribution in [0.15, 0.2) is 10.9 Å². The highest BCUT2D eigenvalue weighted by atomic mass is 32.9. The highest BCUT2D eigenvalue weighted by molar-refractivity contribution is 8.67. The molecule has 102 valence electrons. The van der Waals surface area contributed by atoms with E-state index in [1.54, 1.807) is 0 Å². The summed E-state index contributed by atoms with van der Waals surface area (Å²) in [6.45, 7) is 3.95. The second-order valence-corrected chi connectivity index (χ2v) is 10.4. The second kappa shape index (κ2) is 6.82. The number of aromatic nitrogens is 2. The average molecular weight is 308 g/mol. The van der Waals surface area contributed by atoms with Crippen molar-refractivity contribution in [2.45, 2.75) is 25.5 Å². The molecule has 0 aliphatic carbocycles. The summed E-state index contributed by atoms with van der Waals surface area (Å²) in [4.78, 5) is 18.6. The number of aromatic amines is 1. The lowest BCUT2D eigenvalue weighted by Gasteiger charge is -2.16. The molecule has 0 fully saturated rings. The molecule has 1 rings (SSSR count). The van der Waals surface area contributed by atoms with Gasteiger partial charge in [-0.1, -0.05) is 25.2 Å². The van der Waals surface area contributed by atoms with E-state index in [0.29, 0.717) is 17.3 Å². The summed E-state index contributed by atoms with van der Waals surface area (Å²) in [6, 6.07) is 1.48. The Bertz CT molecular complexity index is 496. The van der Waals surface area contributed by atoms with Gasteiger partial charge in [-0.3, -0.25) is 4.79 Å². The maximum atomic E-state index is 11.5. The first kappa shape index (κ1) is 15.9. The second-order valence-electron chi connectivity index (χ2n) is 3.86. The van der Waals surface area contributed by atoms with Crippen LogP contribution in [0.1, 0.15) is 31.3 Å². The Balaban J connectivity index is 2.86. The SMILES string of the molecule is COP(=S)(OC)SCc1cc(=O)[nH]c(C(C)C)n1. The third-order valence-corrected chi connectivity index (χ3v) is 7.89. The molecule has 0 spiro atoms. The van der Waals surface area contributed by atoms with Crippen molar-refractivity contribution in [1.82, 2.24) is 9.97 Å². The molecule has 0 aliphatic heterocycles. The summed E-state index contributed by atoms with van der Waals surface area (Å²) < 4.78 is 10.3. The van der Waals surface area contributed by atoms with Crippen LogP contribution in [0, 0.1) is 0 Å². The molecule has 0 atom stereocenters. The molecule has 0 radical (unpaired) electrons. The molecule has 1 heterocycles. The monoisotopic (exact) mass is 308 g/mol. The van der Waals surface area contributed by atoms with Gasteiger partial charge in [0.1, 0.15) is 5.82 Å². The minimum Gasteiger partial charge on any atom is -0.325 e. The van der Waals surface area contributed by atoms with Gasteiger partial charge in [0.05, 0.1) is 5.69 Å². The zero-order valence-electron chi connectivity index (χ0n) is 10.8. The summed E-state index contributed by atoms with van der Waals surface area (Å²) in [7, 11) is 3.06. The maximum Gasteiger partial charge on any atom is 0.251 e. The Morgan fingerprint density at radius 2 is 2.11 bits per heavy atom. The molecule has 1 N–H and O–H groups in total. The fraction of sp³-hybridized carbons (Fsp3) is 0.600. The lowest BCUT2D eigenvalue weighted by Crippen LogP contribution is -2.13. The van der Waals surface area contributed by atoms with Gasteiger partial charge in [-0.25, -0.2) is 4.98 Å². The highest BCUT2D eigenvalue weighted by Gasteiger charge is 2.17. The highest BCUT2D eigenvalue weighted by Crippen LogP contribution is 2.60. The van der Waals surface area contributed by atoms with E-state index in [4.69, 9.17) is 20.9 Å². The van der Waals surface area contributed by atoms with Gasteiger partial charge in [0, 0.05) is 32.0 Å². The molecule has 0 aromatic carbocycles. The maximum absolute atomic E-state index is 11.5. The quantitative estimate of drug-likeness (QED) is 0.815. The summed E-state index contributed by atoms with van der Waals surface area (Å²) in [5.41, 5.74) is -1.76. The standard InChI is InChI=1S/C10H17N2O3PS2/c1-7(2)10-11-8(5-9(13)12-10)6-18-16(17,14-3)15-4/h5,7H,6H2,1-4H3,(H,11,12,13). The summed E-state index contributed by atoms with van der Waals surface area (Å²) in [6.07, 6.45) is 0. The number of H-pyrrole nitrogens is 1. The normalized spacial score (nSPS) is 12.1. The largest absolute Gasteiger partial charge is 0.325 e. The molecule has 0 amide bonds. The van der Waals surface area contributed by atoms with E-state index in [9.17, 15) is 4.79 Å². The van der Waals surface area contributed by atoms with E-state index in [1.807, 2.05) is 13.8 Å². The molecule has 0 bridgehead atoms. The fourth-order valence-electron chi connectivity index (χ4n) is 1.20. The van der Waals surface area contributed by atoms with Crippen molar-refractivity contribution in [1.29, 1.82) is 0 Å². The lowest BCUT2D eigenvalue weighted by molar-refractivity contribution is 0.354. The number of rotatable bonds is 6. The predicted octanol–water partition coefficient (Wildman–Crippen LogP) is 2.64. The van der Waals surface area contributed by atoms with Crippen molar-refractivity contribution in [3.8, 4) is 0 Å². The number of hydrogen-bond donors (Lipinski definition) is 1. The van der Waals surface area contributed by atoms with Crippen LogP contribution in [0.4, 0.5) is 0 Å². The third kappa shape index (κ3) is 4.48. The van der Waals surface area contributed by atoms with E-state index < -0.39 is 5.69 Å². The Morgan fingerprint density at radius 1 is 1.50 bits per heavy atom. The average Bonchev–Trinajstić information content (AvgIpc) is 2.35. The Morgan fingerprint density at radius 3 is 2.61 bits per heavy atom. The minimum atomic E-state index is -2.30. The van der Waals surface area contributed by atoms with Gasteiger partial charge < -0.3 is 14.0 Å². The Labute approximate surface area is 116 Å². The van der Waals surface area contributed by atoms with Crippen molar-refractivity contribution in [2.24, 2.45) is 0 Å². The summed E-state index contributed by atoms with van der Waals surface area (Å²) >= 11 is 6.61. The molecule has 1 aromatic rings. The van der Waals surface area contributed by atoms with E-state index in [0.717, 1.165) is 0 Å². The van der Waals surface area contributed by atoms with Crippen molar-refractivity contribution in [3.63, 3.8) is 0 Å². The van der Waals surface area contributed by atoms with Crippen LogP contribution in [0.2, 0.25) is 0 Å². The van der Waals surface area contributed by atoms with E-state index >= 15 is 0 Å². The molecule has 0 aliphatic rings. The van der Waals surface area contributed by atoms with Crippen LogP contribution in [-0.2, 0) is 26.6 Å². The van der Waals surface area contributed by atoms with Gasteiger partial charge in [0.15, 0.2) is 0 Å². The number of nitrogens with one attached hydrogen (secondary N) is 1. The van der Waals surface area contributed by atoms with E-state index in [1.165, 1.54) is 31.7 Å². The molecule has 0 saturated carbocycles. The fourth-order valence-corrected chi connectivity index (χ4v) is 3.98. The van der Waals surface area contributed by atoms with Gasteiger partial charge in [-0.2, -0.15) is 0 Å². The van der Waals surface area contributed by atoms with E-state index in [-0.39, 0.29) is 11.5 Å². The minimum absolute atomic E-state index is 0.146. The van der Waals surface area contributed by atoms with Crippen molar-refractivity contribution >= 4 is 28.9 Å². The molecule has 5 nitrogen and oxygen atoms in total. The molecule has 0 unspecified atom stereocenters. The van der Waals surface area contributed by atoms with Crippen LogP contribution in [0.5, 0.6) is 0 Å². The van der Waals surface area contributed by atoms with Crippen LogP contribution in [-0.4, -0.2) is 24.2 Å². The Hall–Kier alpha value is -0.200. The lowest BCUT2D eigenvalue weighted by atomic mass is 10.2. The van der Waals surface area contributed by atoms with E-state index in [2.05, 4.69) is 9.97 Å². The first-order chi connectivity index (χ1) is 8.40. The van der Waals surface area contributed by atoms with Gasteiger partial charge in [0.25, 0.3) is 5.56 Å². The van der Waals surface area contributed by atoms with Crippen molar-refractivity contribution < 1.29 is 9.05 Å². The summed E-state index contributed by atoms with van der Waals surface area (Å²) in [5, 5.41) is 0. The van der Waals surface area contributed by atoms with Crippen molar-refractivity contribution in [3.05, 3.63) is 27.9 Å². The first-order valence-corrected chi connectivity index (χ1v) is 9.59. The molecular formula is C10H17N2O3PS2. The third-order valence-electron chi connectivity index (χ3n) is 2.18. The van der Waals surface area contributed by atoms with Gasteiger partial charge in [-0.05, 0) is 11.8 Å². The Kier molecular flexibility index (Phi) is 6.01. The summed E-state index contributed by atoms with van der Waals surface area (Å²) in [5.74, 6) is 1.36. The topological polar surface area (TPSA) is 64.2 Å². The predicted molar refractivity (Wildman–Crippen MR) is 78.5 cm³/mol. The molecule has 18 heavy (non-hydrogen) atoms. The molecular weight excluding hydrogens is 291 g/mol. The molecule has 0 saturated heterocycles. The molecule has 8 heteroatoms. The van der Waals surface area contributed by atoms with Gasteiger partial charge in [-0.15, -0.1) is 0 Å². The van der Waals surface area contributed by atoms with Crippen LogP contribution in [0.3, 0.4) is 0 Å². The van der Waals surface area contributed by atoms with Crippen LogP contribution in [0.25, 0.3) is 0 Å². The van der Waals surface area contributed by atoms with Gasteiger partial charge in [0.2, 0.25) is 5.69 Å². The zero-order chi connectivity index (χ0) is 13.8. The molecule has 1 aromatic heterocycles. The number of nitrogens with zero attached hydrogens (tertiary/aromatic N) is 1.